The summed E-state index contributed by atoms with van der Waals surface area (Å²) in [5, 5.41) is 0. The molecule has 0 N–H and O–H groups in total. The molecule has 0 amide bonds. The van der Waals surface area contributed by atoms with Gasteiger partial charge in [0.05, 0.1) is 0 Å². The van der Waals surface area contributed by atoms with E-state index in [1.165, 1.54) is 50.5 Å². The van der Waals surface area contributed by atoms with Crippen LogP contribution in [0.15, 0.2) is 12.2 Å². The minimum absolute atomic E-state index is 0.577. The Bertz CT molecular complexity index is 657. The average molecular weight is 411 g/mol. The van der Waals surface area contributed by atoms with E-state index in [1.54, 1.807) is 51.4 Å². The third-order valence-corrected chi connectivity index (χ3v) is 12.0. The number of fused-ring (bicyclic) bond motifs is 5. The molecular formula is C30H50. The predicted molar refractivity (Wildman–Crippen MR) is 129 cm³/mol. The lowest BCUT2D eigenvalue weighted by atomic mass is 9.41. The van der Waals surface area contributed by atoms with Crippen LogP contribution in [-0.2, 0) is 0 Å². The molecule has 0 heteroatoms. The van der Waals surface area contributed by atoms with Gasteiger partial charge in [-0.25, -0.2) is 0 Å². The summed E-state index contributed by atoms with van der Waals surface area (Å²) in [4.78, 5) is 0. The van der Waals surface area contributed by atoms with Crippen LogP contribution in [0.5, 0.6) is 0 Å². The Morgan fingerprint density at radius 1 is 0.833 bits per heavy atom. The van der Waals surface area contributed by atoms with Crippen LogP contribution in [-0.4, -0.2) is 0 Å². The lowest BCUT2D eigenvalue weighted by Gasteiger charge is -2.64. The quantitative estimate of drug-likeness (QED) is 0.302. The Hall–Kier alpha value is -0.260. The number of hydrogen-bond acceptors (Lipinski definition) is 0. The molecule has 5 aliphatic rings. The van der Waals surface area contributed by atoms with Crippen LogP contribution < -0.4 is 0 Å². The molecule has 0 radical (unpaired) electrons. The van der Waals surface area contributed by atoms with Crippen molar-refractivity contribution >= 4 is 0 Å². The summed E-state index contributed by atoms with van der Waals surface area (Å²) < 4.78 is 0. The van der Waals surface area contributed by atoms with Crippen molar-refractivity contribution in [3.63, 3.8) is 0 Å². The second-order valence-corrected chi connectivity index (χ2v) is 13.5. The fourth-order valence-corrected chi connectivity index (χ4v) is 10.5. The van der Waals surface area contributed by atoms with Gasteiger partial charge < -0.3 is 0 Å². The van der Waals surface area contributed by atoms with Crippen LogP contribution in [0.25, 0.3) is 0 Å². The van der Waals surface area contributed by atoms with E-state index >= 15 is 0 Å². The van der Waals surface area contributed by atoms with Gasteiger partial charge in [0.25, 0.3) is 0 Å². The summed E-state index contributed by atoms with van der Waals surface area (Å²) in [6.07, 6.45) is 22.8. The van der Waals surface area contributed by atoms with E-state index in [0.29, 0.717) is 10.8 Å². The average Bonchev–Trinajstić information content (AvgIpc) is 3.49. The fourth-order valence-electron chi connectivity index (χ4n) is 10.5. The van der Waals surface area contributed by atoms with E-state index in [-0.39, 0.29) is 0 Å². The molecule has 170 valence electrons. The minimum atomic E-state index is 0.577. The molecular weight excluding hydrogens is 360 g/mol. The summed E-state index contributed by atoms with van der Waals surface area (Å²) in [5.41, 5.74) is 3.49. The predicted octanol–water partition coefficient (Wildman–Crippen LogP) is 9.20. The van der Waals surface area contributed by atoms with Gasteiger partial charge in [0, 0.05) is 0 Å². The number of allylic oxidation sites excluding steroid dienone is 1. The van der Waals surface area contributed by atoms with Crippen molar-refractivity contribution in [3.8, 4) is 0 Å². The zero-order chi connectivity index (χ0) is 21.1. The van der Waals surface area contributed by atoms with E-state index < -0.39 is 0 Å². The van der Waals surface area contributed by atoms with Crippen molar-refractivity contribution in [1.82, 2.24) is 0 Å². The van der Waals surface area contributed by atoms with Crippen molar-refractivity contribution in [2.24, 2.45) is 51.8 Å². The highest BCUT2D eigenvalue weighted by molar-refractivity contribution is 5.17. The summed E-state index contributed by atoms with van der Waals surface area (Å²) in [5.74, 6) is 6.12. The number of rotatable bonds is 6. The van der Waals surface area contributed by atoms with Crippen molar-refractivity contribution in [2.75, 3.05) is 0 Å². The van der Waals surface area contributed by atoms with E-state index in [9.17, 15) is 0 Å². The van der Waals surface area contributed by atoms with Crippen molar-refractivity contribution in [3.05, 3.63) is 12.2 Å². The molecule has 0 heterocycles. The summed E-state index contributed by atoms with van der Waals surface area (Å²) in [6, 6.07) is 0. The normalized spacial score (nSPS) is 50.5. The molecule has 0 aliphatic heterocycles. The smallest absolute Gasteiger partial charge is 0.0152 e. The van der Waals surface area contributed by atoms with Gasteiger partial charge in [-0.1, -0.05) is 52.2 Å². The molecule has 8 atom stereocenters. The molecule has 0 nitrogen and oxygen atoms in total. The van der Waals surface area contributed by atoms with Crippen LogP contribution in [0.3, 0.4) is 0 Å². The van der Waals surface area contributed by atoms with Crippen LogP contribution in [0.1, 0.15) is 124 Å². The van der Waals surface area contributed by atoms with Gasteiger partial charge in [-0.2, -0.15) is 0 Å². The first kappa shape index (κ1) is 21.6. The molecule has 5 saturated carbocycles. The topological polar surface area (TPSA) is 0 Å². The molecule has 0 spiro atoms. The Morgan fingerprint density at radius 3 is 2.30 bits per heavy atom. The third kappa shape index (κ3) is 3.20. The third-order valence-electron chi connectivity index (χ3n) is 12.0. The summed E-state index contributed by atoms with van der Waals surface area (Å²) in [6.45, 7) is 14.5. The minimum Gasteiger partial charge on any atom is -0.0998 e. The lowest BCUT2D eigenvalue weighted by Crippen LogP contribution is -2.56. The van der Waals surface area contributed by atoms with Gasteiger partial charge in [0.2, 0.25) is 0 Å². The first-order chi connectivity index (χ1) is 14.3. The second kappa shape index (κ2) is 7.66. The van der Waals surface area contributed by atoms with Gasteiger partial charge in [-0.15, -0.1) is 0 Å². The van der Waals surface area contributed by atoms with Crippen LogP contribution >= 0.6 is 0 Å². The Balaban J connectivity index is 1.39. The highest BCUT2D eigenvalue weighted by Crippen LogP contribution is 2.73. The number of hydrogen-bond donors (Lipinski definition) is 0. The molecule has 0 aromatic rings. The van der Waals surface area contributed by atoms with E-state index in [0.717, 1.165) is 40.9 Å². The van der Waals surface area contributed by atoms with Crippen LogP contribution in [0.2, 0.25) is 0 Å². The van der Waals surface area contributed by atoms with Crippen molar-refractivity contribution < 1.29 is 0 Å². The maximum Gasteiger partial charge on any atom is -0.0152 e. The molecule has 0 aromatic carbocycles. The first-order valence-electron chi connectivity index (χ1n) is 14.0. The molecule has 5 aliphatic carbocycles. The van der Waals surface area contributed by atoms with E-state index in [1.807, 2.05) is 0 Å². The van der Waals surface area contributed by atoms with Gasteiger partial charge in [0.15, 0.2) is 0 Å². The molecule has 30 heavy (non-hydrogen) atoms. The highest BCUT2D eigenvalue weighted by atomic mass is 14.7. The summed E-state index contributed by atoms with van der Waals surface area (Å²) >= 11 is 0. The maximum atomic E-state index is 4.44. The van der Waals surface area contributed by atoms with Gasteiger partial charge in [-0.3, -0.25) is 0 Å². The Labute approximate surface area is 188 Å². The molecule has 1 unspecified atom stereocenters. The van der Waals surface area contributed by atoms with Crippen molar-refractivity contribution in [2.45, 2.75) is 124 Å². The van der Waals surface area contributed by atoms with E-state index in [4.69, 9.17) is 0 Å². The fraction of sp³-hybridized carbons (Fsp3) is 0.933. The second-order valence-electron chi connectivity index (χ2n) is 13.5. The Kier molecular flexibility index (Phi) is 5.51. The maximum absolute atomic E-state index is 4.44. The zero-order valence-electron chi connectivity index (χ0n) is 20.8. The summed E-state index contributed by atoms with van der Waals surface area (Å²) in [7, 11) is 0. The Morgan fingerprint density at radius 2 is 1.60 bits per heavy atom. The van der Waals surface area contributed by atoms with E-state index in [2.05, 4.69) is 34.3 Å². The monoisotopic (exact) mass is 410 g/mol. The SMILES string of the molecule is C=C(C)[C@H]1CC[C@H]2C3CC[C@@H]4C[C@@](C)(CCCCC)CC[C@]4(C4CC4)[C@H]3CC[C@]12C. The number of unbranched alkanes of at least 4 members (excludes halogenated alkanes) is 2. The lowest BCUT2D eigenvalue weighted by molar-refractivity contribution is -0.148. The highest BCUT2D eigenvalue weighted by Gasteiger charge is 2.65. The van der Waals surface area contributed by atoms with Crippen LogP contribution in [0.4, 0.5) is 0 Å². The molecule has 0 bridgehead atoms. The molecule has 5 rings (SSSR count). The first-order valence-corrected chi connectivity index (χ1v) is 14.0. The largest absolute Gasteiger partial charge is 0.0998 e. The molecule has 0 saturated heterocycles. The standard InChI is InChI=1S/C30H50/c1-6-7-8-16-28(4)18-19-30(22-9-10-22)23(20-28)11-12-24-26-14-13-25(21(2)3)29(26,5)17-15-27(24)30/h22-27H,2,6-20H2,1,3-5H3/t23-,24?,25-,26+,27+,28+,29-,30-/m1/s1. The zero-order valence-corrected chi connectivity index (χ0v) is 20.8. The van der Waals surface area contributed by atoms with Crippen LogP contribution in [0, 0.1) is 51.8 Å². The van der Waals surface area contributed by atoms with Crippen molar-refractivity contribution in [1.29, 1.82) is 0 Å². The van der Waals surface area contributed by atoms with Gasteiger partial charge in [0.1, 0.15) is 0 Å². The van der Waals surface area contributed by atoms with Gasteiger partial charge in [-0.05, 0) is 136 Å². The van der Waals surface area contributed by atoms with Gasteiger partial charge >= 0.3 is 0 Å². The molecule has 0 aromatic heterocycles. The molecule has 5 fully saturated rings.